The molecule has 3 aromatic rings. The molecule has 0 aliphatic rings. The van der Waals surface area contributed by atoms with Gasteiger partial charge in [0.25, 0.3) is 0 Å². The summed E-state index contributed by atoms with van der Waals surface area (Å²) in [5.74, 6) is -0.576. The maximum absolute atomic E-state index is 10.8. The van der Waals surface area contributed by atoms with Gasteiger partial charge in [0.05, 0.1) is 5.52 Å². The molecule has 3 rings (SSSR count). The number of benzene rings is 1. The van der Waals surface area contributed by atoms with Crippen molar-refractivity contribution in [2.45, 2.75) is 6.54 Å². The molecule has 0 unspecified atom stereocenters. The topological polar surface area (TPSA) is 93.8 Å². The van der Waals surface area contributed by atoms with Gasteiger partial charge in [-0.05, 0) is 22.6 Å². The average molecular weight is 255 g/mol. The van der Waals surface area contributed by atoms with Crippen LogP contribution in [0.5, 0.6) is 0 Å². The lowest BCUT2D eigenvalue weighted by Crippen LogP contribution is -2.11. The highest BCUT2D eigenvalue weighted by molar-refractivity contribution is 5.92. The van der Waals surface area contributed by atoms with Crippen LogP contribution in [0.25, 0.3) is 22.3 Å². The lowest BCUT2D eigenvalue weighted by Gasteiger charge is -2.05. The zero-order valence-electron chi connectivity index (χ0n) is 9.76. The van der Waals surface area contributed by atoms with Crippen LogP contribution in [0.1, 0.15) is 0 Å². The Balaban J connectivity index is 2.20. The number of carbonyl (C=O) groups is 1. The van der Waals surface area contributed by atoms with Gasteiger partial charge in [0.15, 0.2) is 5.82 Å². The minimum absolute atomic E-state index is 0.279. The van der Waals surface area contributed by atoms with Crippen LogP contribution in [0, 0.1) is 0 Å². The van der Waals surface area contributed by atoms with E-state index < -0.39 is 5.97 Å². The van der Waals surface area contributed by atoms with Crippen LogP contribution in [0.4, 0.5) is 0 Å². The van der Waals surface area contributed by atoms with Crippen molar-refractivity contribution >= 4 is 16.9 Å². The SMILES string of the molecule is O=C(O)Cn1nnnc1-c1cccc2ncccc12. The van der Waals surface area contributed by atoms with Gasteiger partial charge in [0.1, 0.15) is 6.54 Å². The molecule has 0 amide bonds. The second-order valence-electron chi connectivity index (χ2n) is 3.93. The summed E-state index contributed by atoms with van der Waals surface area (Å²) >= 11 is 0. The lowest BCUT2D eigenvalue weighted by atomic mass is 10.1. The van der Waals surface area contributed by atoms with E-state index in [-0.39, 0.29) is 6.54 Å². The molecule has 0 saturated heterocycles. The fraction of sp³-hybridized carbons (Fsp3) is 0.0833. The van der Waals surface area contributed by atoms with Crippen LogP contribution in [0.3, 0.4) is 0 Å². The van der Waals surface area contributed by atoms with Crippen molar-refractivity contribution in [3.63, 3.8) is 0 Å². The molecular weight excluding hydrogens is 246 g/mol. The number of nitrogens with zero attached hydrogens (tertiary/aromatic N) is 5. The van der Waals surface area contributed by atoms with Crippen molar-refractivity contribution in [1.29, 1.82) is 0 Å². The molecule has 1 aromatic carbocycles. The molecular formula is C12H9N5O2. The van der Waals surface area contributed by atoms with E-state index in [9.17, 15) is 4.79 Å². The van der Waals surface area contributed by atoms with Gasteiger partial charge in [-0.1, -0.05) is 18.2 Å². The summed E-state index contributed by atoms with van der Waals surface area (Å²) in [7, 11) is 0. The largest absolute Gasteiger partial charge is 0.480 e. The molecule has 0 aliphatic carbocycles. The highest BCUT2D eigenvalue weighted by Crippen LogP contribution is 2.25. The van der Waals surface area contributed by atoms with Crippen molar-refractivity contribution in [3.8, 4) is 11.4 Å². The van der Waals surface area contributed by atoms with Gasteiger partial charge < -0.3 is 5.11 Å². The number of rotatable bonds is 3. The summed E-state index contributed by atoms with van der Waals surface area (Å²) in [6, 6.07) is 9.28. The van der Waals surface area contributed by atoms with Gasteiger partial charge in [0, 0.05) is 17.1 Å². The lowest BCUT2D eigenvalue weighted by molar-refractivity contribution is -0.137. The Labute approximate surface area is 107 Å². The van der Waals surface area contributed by atoms with E-state index in [4.69, 9.17) is 5.11 Å². The zero-order chi connectivity index (χ0) is 13.2. The predicted octanol–water partition coefficient (Wildman–Crippen LogP) is 0.973. The van der Waals surface area contributed by atoms with E-state index in [1.54, 1.807) is 6.20 Å². The van der Waals surface area contributed by atoms with Crippen LogP contribution in [-0.2, 0) is 11.3 Å². The number of tetrazole rings is 1. The quantitative estimate of drug-likeness (QED) is 0.749. The predicted molar refractivity (Wildman–Crippen MR) is 66.2 cm³/mol. The van der Waals surface area contributed by atoms with Crippen LogP contribution in [0.2, 0.25) is 0 Å². The summed E-state index contributed by atoms with van der Waals surface area (Å²) in [5, 5.41) is 20.9. The summed E-state index contributed by atoms with van der Waals surface area (Å²) < 4.78 is 1.25. The normalized spacial score (nSPS) is 10.7. The smallest absolute Gasteiger partial charge is 0.325 e. The van der Waals surface area contributed by atoms with Crippen molar-refractivity contribution in [3.05, 3.63) is 36.5 Å². The Morgan fingerprint density at radius 1 is 1.26 bits per heavy atom. The summed E-state index contributed by atoms with van der Waals surface area (Å²) in [6.45, 7) is -0.279. The number of carboxylic acids is 1. The van der Waals surface area contributed by atoms with Gasteiger partial charge in [-0.15, -0.1) is 5.10 Å². The molecule has 2 heterocycles. The second kappa shape index (κ2) is 4.45. The summed E-state index contributed by atoms with van der Waals surface area (Å²) in [6.07, 6.45) is 1.70. The number of carboxylic acid groups (broad SMARTS) is 1. The Kier molecular flexibility index (Phi) is 2.64. The highest BCUT2D eigenvalue weighted by atomic mass is 16.4. The molecule has 2 aromatic heterocycles. The Hall–Kier alpha value is -2.83. The first kappa shape index (κ1) is 11.3. The molecule has 7 heteroatoms. The molecule has 0 fully saturated rings. The monoisotopic (exact) mass is 255 g/mol. The number of pyridine rings is 1. The molecule has 7 nitrogen and oxygen atoms in total. The van der Waals surface area contributed by atoms with Crippen molar-refractivity contribution in [2.24, 2.45) is 0 Å². The third-order valence-electron chi connectivity index (χ3n) is 2.70. The van der Waals surface area contributed by atoms with Crippen LogP contribution < -0.4 is 0 Å². The zero-order valence-corrected chi connectivity index (χ0v) is 9.76. The maximum atomic E-state index is 10.8. The second-order valence-corrected chi connectivity index (χ2v) is 3.93. The van der Waals surface area contributed by atoms with Crippen LogP contribution in [0.15, 0.2) is 36.5 Å². The number of aromatic nitrogens is 5. The van der Waals surface area contributed by atoms with Crippen molar-refractivity contribution in [2.75, 3.05) is 0 Å². The first-order valence-electron chi connectivity index (χ1n) is 5.58. The van der Waals surface area contributed by atoms with E-state index >= 15 is 0 Å². The van der Waals surface area contributed by atoms with Crippen molar-refractivity contribution < 1.29 is 9.90 Å². The number of hydrogen-bond acceptors (Lipinski definition) is 5. The fourth-order valence-electron chi connectivity index (χ4n) is 1.93. The summed E-state index contributed by atoms with van der Waals surface area (Å²) in [4.78, 5) is 15.0. The van der Waals surface area contributed by atoms with Gasteiger partial charge in [-0.3, -0.25) is 9.78 Å². The molecule has 19 heavy (non-hydrogen) atoms. The first-order chi connectivity index (χ1) is 9.25. The van der Waals surface area contributed by atoms with E-state index in [0.29, 0.717) is 5.82 Å². The van der Waals surface area contributed by atoms with Crippen molar-refractivity contribution in [1.82, 2.24) is 25.2 Å². The van der Waals surface area contributed by atoms with E-state index in [1.807, 2.05) is 30.3 Å². The molecule has 0 spiro atoms. The van der Waals surface area contributed by atoms with Gasteiger partial charge in [0.2, 0.25) is 0 Å². The van der Waals surface area contributed by atoms with E-state index in [2.05, 4.69) is 20.5 Å². The molecule has 1 N–H and O–H groups in total. The molecule has 0 bridgehead atoms. The molecule has 0 atom stereocenters. The van der Waals surface area contributed by atoms with E-state index in [0.717, 1.165) is 16.5 Å². The molecule has 0 saturated carbocycles. The Morgan fingerprint density at radius 3 is 3.00 bits per heavy atom. The minimum atomic E-state index is -0.994. The third kappa shape index (κ3) is 2.01. The van der Waals surface area contributed by atoms with E-state index in [1.165, 1.54) is 4.68 Å². The molecule has 0 radical (unpaired) electrons. The number of hydrogen-bond donors (Lipinski definition) is 1. The number of fused-ring (bicyclic) bond motifs is 1. The average Bonchev–Trinajstić information content (AvgIpc) is 2.85. The molecule has 94 valence electrons. The number of aliphatic carboxylic acids is 1. The van der Waals surface area contributed by atoms with Gasteiger partial charge in [-0.25, -0.2) is 4.68 Å². The molecule has 0 aliphatic heterocycles. The minimum Gasteiger partial charge on any atom is -0.480 e. The first-order valence-corrected chi connectivity index (χ1v) is 5.58. The standard InChI is InChI=1S/C12H9N5O2/c18-11(19)7-17-12(14-15-16-17)9-3-1-5-10-8(9)4-2-6-13-10/h1-6H,7H2,(H,18,19). The van der Waals surface area contributed by atoms with Gasteiger partial charge in [-0.2, -0.15) is 0 Å². The fourth-order valence-corrected chi connectivity index (χ4v) is 1.93. The summed E-state index contributed by atoms with van der Waals surface area (Å²) in [5.41, 5.74) is 1.57. The maximum Gasteiger partial charge on any atom is 0.325 e. The van der Waals surface area contributed by atoms with Gasteiger partial charge >= 0.3 is 5.97 Å². The Morgan fingerprint density at radius 2 is 2.16 bits per heavy atom. The van der Waals surface area contributed by atoms with Crippen LogP contribution in [-0.4, -0.2) is 36.3 Å². The van der Waals surface area contributed by atoms with Crippen LogP contribution >= 0.6 is 0 Å². The highest BCUT2D eigenvalue weighted by Gasteiger charge is 2.14. The third-order valence-corrected chi connectivity index (χ3v) is 2.70. The Bertz CT molecular complexity index is 747.